The van der Waals surface area contributed by atoms with Crippen molar-refractivity contribution in [3.05, 3.63) is 40.7 Å². The van der Waals surface area contributed by atoms with E-state index in [4.69, 9.17) is 4.74 Å². The minimum absolute atomic E-state index is 0.0350. The number of hydrogen-bond donors (Lipinski definition) is 0. The molecule has 2 aromatic rings. The minimum atomic E-state index is -0.0545. The Bertz CT molecular complexity index is 941. The van der Waals surface area contributed by atoms with Crippen LogP contribution in [0.25, 0.3) is 5.69 Å². The Hall–Kier alpha value is -2.25. The first-order valence-corrected chi connectivity index (χ1v) is 11.2. The highest BCUT2D eigenvalue weighted by Crippen LogP contribution is 2.32. The van der Waals surface area contributed by atoms with Gasteiger partial charge in [-0.05, 0) is 63.1 Å². The number of aromatic nitrogens is 3. The number of fused-ring (bicyclic) bond motifs is 1. The van der Waals surface area contributed by atoms with Gasteiger partial charge in [-0.3, -0.25) is 9.69 Å². The van der Waals surface area contributed by atoms with Crippen LogP contribution in [0.4, 0.5) is 0 Å². The Morgan fingerprint density at radius 3 is 2.70 bits per heavy atom. The maximum atomic E-state index is 13.1. The summed E-state index contributed by atoms with van der Waals surface area (Å²) in [5, 5.41) is 8.70. The highest BCUT2D eigenvalue weighted by molar-refractivity contribution is 5.93. The molecule has 160 valence electrons. The molecule has 1 aromatic heterocycles. The number of ether oxygens (including phenoxy) is 1. The third-order valence-corrected chi connectivity index (χ3v) is 6.57. The van der Waals surface area contributed by atoms with Gasteiger partial charge in [-0.2, -0.15) is 0 Å². The van der Waals surface area contributed by atoms with Crippen molar-refractivity contribution in [3.63, 3.8) is 0 Å². The Morgan fingerprint density at radius 1 is 1.20 bits per heavy atom. The second-order valence-electron chi connectivity index (χ2n) is 9.25. The standard InChI is InChI=1S/C23H31N5O2/c1-15-11-27(12-16(2)30-15)23(29)22-17(3)28(25-24-22)21-6-4-5-19-14-26(10-9-20(19)21)13-18-7-8-18/h4-6,15-16,18H,7-14H2,1-3H3. The van der Waals surface area contributed by atoms with Crippen molar-refractivity contribution in [2.75, 3.05) is 26.2 Å². The monoisotopic (exact) mass is 409 g/mol. The molecule has 0 spiro atoms. The Balaban J connectivity index is 1.40. The predicted octanol–water partition coefficient (Wildman–Crippen LogP) is 2.59. The van der Waals surface area contributed by atoms with Crippen LogP contribution in [0, 0.1) is 12.8 Å². The first-order chi connectivity index (χ1) is 14.5. The second-order valence-corrected chi connectivity index (χ2v) is 9.25. The van der Waals surface area contributed by atoms with E-state index in [0.717, 1.165) is 36.8 Å². The number of hydrogen-bond acceptors (Lipinski definition) is 5. The van der Waals surface area contributed by atoms with Gasteiger partial charge in [0.15, 0.2) is 5.69 Å². The van der Waals surface area contributed by atoms with Crippen LogP contribution in [0.15, 0.2) is 18.2 Å². The second kappa shape index (κ2) is 7.78. The molecule has 0 radical (unpaired) electrons. The fourth-order valence-corrected chi connectivity index (χ4v) is 4.92. The van der Waals surface area contributed by atoms with E-state index in [0.29, 0.717) is 18.8 Å². The highest BCUT2D eigenvalue weighted by Gasteiger charge is 2.31. The van der Waals surface area contributed by atoms with E-state index in [-0.39, 0.29) is 18.1 Å². The topological polar surface area (TPSA) is 63.5 Å². The first kappa shape index (κ1) is 19.7. The van der Waals surface area contributed by atoms with Crippen LogP contribution in [-0.2, 0) is 17.7 Å². The maximum Gasteiger partial charge on any atom is 0.276 e. The Kier molecular flexibility index (Phi) is 5.11. The molecule has 30 heavy (non-hydrogen) atoms. The average molecular weight is 410 g/mol. The first-order valence-electron chi connectivity index (χ1n) is 11.2. The van der Waals surface area contributed by atoms with Gasteiger partial charge in [0.1, 0.15) is 0 Å². The number of nitrogens with zero attached hydrogens (tertiary/aromatic N) is 5. The van der Waals surface area contributed by atoms with Crippen LogP contribution in [-0.4, -0.2) is 69.1 Å². The molecular weight excluding hydrogens is 378 g/mol. The maximum absolute atomic E-state index is 13.1. The lowest BCUT2D eigenvalue weighted by atomic mass is 9.97. The lowest BCUT2D eigenvalue weighted by Gasteiger charge is -2.35. The Labute approximate surface area is 178 Å². The molecule has 1 saturated heterocycles. The average Bonchev–Trinajstić information content (AvgIpc) is 3.45. The van der Waals surface area contributed by atoms with Crippen LogP contribution in [0.5, 0.6) is 0 Å². The van der Waals surface area contributed by atoms with Gasteiger partial charge in [0.25, 0.3) is 5.91 Å². The molecule has 5 rings (SSSR count). The third-order valence-electron chi connectivity index (χ3n) is 6.57. The van der Waals surface area contributed by atoms with Crippen molar-refractivity contribution >= 4 is 5.91 Å². The van der Waals surface area contributed by atoms with Crippen LogP contribution in [0.3, 0.4) is 0 Å². The zero-order valence-corrected chi connectivity index (χ0v) is 18.2. The van der Waals surface area contributed by atoms with Gasteiger partial charge in [-0.1, -0.05) is 17.3 Å². The SMILES string of the molecule is Cc1c(C(=O)N2CC(C)OC(C)C2)nnn1-c1cccc2c1CCN(CC1CC1)C2. The third kappa shape index (κ3) is 3.76. The molecule has 0 bridgehead atoms. The van der Waals surface area contributed by atoms with E-state index < -0.39 is 0 Å². The highest BCUT2D eigenvalue weighted by atomic mass is 16.5. The van der Waals surface area contributed by atoms with Crippen molar-refractivity contribution in [2.45, 2.75) is 58.8 Å². The van der Waals surface area contributed by atoms with Crippen LogP contribution in [0.1, 0.15) is 54.0 Å². The lowest BCUT2D eigenvalue weighted by Crippen LogP contribution is -2.48. The van der Waals surface area contributed by atoms with Crippen molar-refractivity contribution < 1.29 is 9.53 Å². The number of carbonyl (C=O) groups excluding carboxylic acids is 1. The van der Waals surface area contributed by atoms with Gasteiger partial charge in [0, 0.05) is 32.7 Å². The van der Waals surface area contributed by atoms with Gasteiger partial charge < -0.3 is 9.64 Å². The summed E-state index contributed by atoms with van der Waals surface area (Å²) in [5.74, 6) is 0.854. The molecule has 3 heterocycles. The molecule has 7 heteroatoms. The molecule has 2 unspecified atom stereocenters. The van der Waals surface area contributed by atoms with E-state index in [1.165, 1.54) is 30.5 Å². The van der Waals surface area contributed by atoms with Crippen LogP contribution < -0.4 is 0 Å². The number of amides is 1. The summed E-state index contributed by atoms with van der Waals surface area (Å²) in [6, 6.07) is 6.43. The largest absolute Gasteiger partial charge is 0.372 e. The fraction of sp³-hybridized carbons (Fsp3) is 0.609. The summed E-state index contributed by atoms with van der Waals surface area (Å²) < 4.78 is 7.62. The molecule has 1 aliphatic carbocycles. The van der Waals surface area contributed by atoms with E-state index >= 15 is 0 Å². The molecular formula is C23H31N5O2. The van der Waals surface area contributed by atoms with Gasteiger partial charge in [-0.25, -0.2) is 4.68 Å². The number of morpholine rings is 1. The van der Waals surface area contributed by atoms with E-state index in [1.54, 1.807) is 0 Å². The normalized spacial score (nSPS) is 24.7. The predicted molar refractivity (Wildman–Crippen MR) is 114 cm³/mol. The van der Waals surface area contributed by atoms with Gasteiger partial charge in [-0.15, -0.1) is 5.10 Å². The molecule has 0 N–H and O–H groups in total. The van der Waals surface area contributed by atoms with Gasteiger partial charge in [0.05, 0.1) is 23.6 Å². The smallest absolute Gasteiger partial charge is 0.276 e. The van der Waals surface area contributed by atoms with Gasteiger partial charge >= 0.3 is 0 Å². The van der Waals surface area contributed by atoms with Gasteiger partial charge in [0.2, 0.25) is 0 Å². The minimum Gasteiger partial charge on any atom is -0.372 e. The van der Waals surface area contributed by atoms with Crippen LogP contribution >= 0.6 is 0 Å². The molecule has 7 nitrogen and oxygen atoms in total. The van der Waals surface area contributed by atoms with Crippen molar-refractivity contribution in [2.24, 2.45) is 5.92 Å². The quantitative estimate of drug-likeness (QED) is 0.777. The molecule has 1 aromatic carbocycles. The van der Waals surface area contributed by atoms with Crippen molar-refractivity contribution in [3.8, 4) is 5.69 Å². The van der Waals surface area contributed by atoms with E-state index in [2.05, 4.69) is 33.4 Å². The summed E-state index contributed by atoms with van der Waals surface area (Å²) in [6.45, 7) is 10.4. The molecule has 2 atom stereocenters. The van der Waals surface area contributed by atoms with E-state index in [1.807, 2.05) is 30.4 Å². The molecule has 2 fully saturated rings. The lowest BCUT2D eigenvalue weighted by molar-refractivity contribution is -0.0587. The molecule has 2 aliphatic heterocycles. The zero-order chi connectivity index (χ0) is 20.8. The van der Waals surface area contributed by atoms with Crippen LogP contribution in [0.2, 0.25) is 0 Å². The summed E-state index contributed by atoms with van der Waals surface area (Å²) >= 11 is 0. The van der Waals surface area contributed by atoms with E-state index in [9.17, 15) is 4.79 Å². The number of rotatable bonds is 4. The van der Waals surface area contributed by atoms with Crippen molar-refractivity contribution in [1.82, 2.24) is 24.8 Å². The fourth-order valence-electron chi connectivity index (χ4n) is 4.92. The molecule has 1 amide bonds. The molecule has 1 saturated carbocycles. The number of carbonyl (C=O) groups is 1. The summed E-state index contributed by atoms with van der Waals surface area (Å²) in [7, 11) is 0. The summed E-state index contributed by atoms with van der Waals surface area (Å²) in [5.41, 5.74) is 5.02. The summed E-state index contributed by atoms with van der Waals surface area (Å²) in [4.78, 5) is 17.6. The Morgan fingerprint density at radius 2 is 1.97 bits per heavy atom. The molecule has 3 aliphatic rings. The van der Waals surface area contributed by atoms with Crippen molar-refractivity contribution in [1.29, 1.82) is 0 Å². The number of benzene rings is 1. The zero-order valence-electron chi connectivity index (χ0n) is 18.2. The summed E-state index contributed by atoms with van der Waals surface area (Å²) in [6.07, 6.45) is 3.86.